The first kappa shape index (κ1) is 14.5. The second-order valence-corrected chi connectivity index (χ2v) is 3.54. The zero-order valence-corrected chi connectivity index (χ0v) is 9.79. The smallest absolute Gasteiger partial charge is 0.370 e. The van der Waals surface area contributed by atoms with Crippen LogP contribution in [0.3, 0.4) is 0 Å². The van der Waals surface area contributed by atoms with Gasteiger partial charge in [0.05, 0.1) is 13.3 Å². The van der Waals surface area contributed by atoms with Crippen LogP contribution in [-0.2, 0) is 6.54 Å². The standard InChI is InChI=1S/C10H12F4N2O2/c1-3-4-16-7(6(18-2)5-15-16)8(17)10(13,14)9(11)12/h5,9H,3-4H2,1-2H3. The molecule has 0 fully saturated rings. The van der Waals surface area contributed by atoms with Crippen LogP contribution in [0.15, 0.2) is 6.20 Å². The molecule has 0 radical (unpaired) electrons. The van der Waals surface area contributed by atoms with Crippen molar-refractivity contribution >= 4 is 5.78 Å². The second-order valence-electron chi connectivity index (χ2n) is 3.54. The van der Waals surface area contributed by atoms with Crippen LogP contribution in [0.5, 0.6) is 5.75 Å². The van der Waals surface area contributed by atoms with Gasteiger partial charge in [0, 0.05) is 6.54 Å². The van der Waals surface area contributed by atoms with Crippen molar-refractivity contribution in [3.8, 4) is 5.75 Å². The zero-order valence-electron chi connectivity index (χ0n) is 9.79. The highest BCUT2D eigenvalue weighted by Gasteiger charge is 2.51. The molecule has 0 aliphatic carbocycles. The number of hydrogen-bond donors (Lipinski definition) is 0. The number of rotatable bonds is 6. The van der Waals surface area contributed by atoms with Gasteiger partial charge in [-0.2, -0.15) is 13.9 Å². The SMILES string of the molecule is CCCn1ncc(OC)c1C(=O)C(F)(F)C(F)F. The minimum absolute atomic E-state index is 0.156. The molecule has 18 heavy (non-hydrogen) atoms. The van der Waals surface area contributed by atoms with Gasteiger partial charge < -0.3 is 4.74 Å². The van der Waals surface area contributed by atoms with E-state index in [4.69, 9.17) is 0 Å². The van der Waals surface area contributed by atoms with Gasteiger partial charge in [-0.05, 0) is 6.42 Å². The topological polar surface area (TPSA) is 44.1 Å². The quantitative estimate of drug-likeness (QED) is 0.587. The van der Waals surface area contributed by atoms with Gasteiger partial charge >= 0.3 is 12.3 Å². The summed E-state index contributed by atoms with van der Waals surface area (Å²) in [6, 6.07) is 0. The summed E-state index contributed by atoms with van der Waals surface area (Å²) < 4.78 is 56.0. The van der Waals surface area contributed by atoms with Crippen molar-refractivity contribution in [2.75, 3.05) is 7.11 Å². The molecule has 1 rings (SSSR count). The zero-order chi connectivity index (χ0) is 13.9. The van der Waals surface area contributed by atoms with E-state index in [9.17, 15) is 22.4 Å². The average molecular weight is 268 g/mol. The second kappa shape index (κ2) is 5.36. The molecule has 0 unspecified atom stereocenters. The number of aryl methyl sites for hydroxylation is 1. The van der Waals surface area contributed by atoms with Gasteiger partial charge in [-0.25, -0.2) is 8.78 Å². The van der Waals surface area contributed by atoms with E-state index >= 15 is 0 Å². The third-order valence-electron chi connectivity index (χ3n) is 2.25. The Morgan fingerprint density at radius 1 is 1.56 bits per heavy atom. The Bertz CT molecular complexity index is 432. The first-order valence-corrected chi connectivity index (χ1v) is 5.16. The molecule has 8 heteroatoms. The van der Waals surface area contributed by atoms with Crippen molar-refractivity contribution in [2.24, 2.45) is 0 Å². The van der Waals surface area contributed by atoms with E-state index in [1.54, 1.807) is 6.92 Å². The lowest BCUT2D eigenvalue weighted by atomic mass is 10.1. The van der Waals surface area contributed by atoms with Crippen molar-refractivity contribution in [2.45, 2.75) is 32.2 Å². The number of methoxy groups -OCH3 is 1. The molecule has 0 N–H and O–H groups in total. The largest absolute Gasteiger partial charge is 0.493 e. The maximum absolute atomic E-state index is 13.0. The average Bonchev–Trinajstić information content (AvgIpc) is 2.71. The van der Waals surface area contributed by atoms with Gasteiger partial charge in [0.15, 0.2) is 11.4 Å². The predicted octanol–water partition coefficient (Wildman–Crippen LogP) is 2.38. The number of Topliss-reactive ketones (excluding diaryl/α,β-unsaturated/α-hetero) is 1. The number of carbonyl (C=O) groups is 1. The van der Waals surface area contributed by atoms with Crippen LogP contribution < -0.4 is 4.74 Å². The van der Waals surface area contributed by atoms with Crippen molar-refractivity contribution in [3.63, 3.8) is 0 Å². The molecule has 0 aliphatic heterocycles. The summed E-state index contributed by atoms with van der Waals surface area (Å²) in [5.74, 6) is -6.98. The molecule has 4 nitrogen and oxygen atoms in total. The Morgan fingerprint density at radius 3 is 2.61 bits per heavy atom. The van der Waals surface area contributed by atoms with Crippen molar-refractivity contribution in [3.05, 3.63) is 11.9 Å². The van der Waals surface area contributed by atoms with Gasteiger partial charge in [0.2, 0.25) is 0 Å². The van der Waals surface area contributed by atoms with Crippen molar-refractivity contribution in [1.82, 2.24) is 9.78 Å². The molecule has 0 spiro atoms. The fourth-order valence-corrected chi connectivity index (χ4v) is 1.38. The van der Waals surface area contributed by atoms with E-state index in [2.05, 4.69) is 9.84 Å². The number of ether oxygens (including phenoxy) is 1. The maximum atomic E-state index is 13.0. The van der Waals surface area contributed by atoms with Crippen LogP contribution in [-0.4, -0.2) is 35.0 Å². The van der Waals surface area contributed by atoms with E-state index < -0.39 is 23.8 Å². The number of hydrogen-bond acceptors (Lipinski definition) is 3. The van der Waals surface area contributed by atoms with Gasteiger partial charge in [-0.1, -0.05) is 6.92 Å². The summed E-state index contributed by atoms with van der Waals surface area (Å²) in [6.45, 7) is 1.89. The van der Waals surface area contributed by atoms with Crippen LogP contribution in [0.2, 0.25) is 0 Å². The van der Waals surface area contributed by atoms with Crippen LogP contribution in [0, 0.1) is 0 Å². The van der Waals surface area contributed by atoms with Crippen molar-refractivity contribution < 1.29 is 27.1 Å². The van der Waals surface area contributed by atoms with Crippen LogP contribution in [0.1, 0.15) is 23.8 Å². The summed E-state index contributed by atoms with van der Waals surface area (Å²) >= 11 is 0. The molecule has 0 atom stereocenters. The summed E-state index contributed by atoms with van der Waals surface area (Å²) in [6.07, 6.45) is -2.52. The minimum atomic E-state index is -4.75. The minimum Gasteiger partial charge on any atom is -0.493 e. The molecule has 0 saturated carbocycles. The van der Waals surface area contributed by atoms with Crippen LogP contribution >= 0.6 is 0 Å². The Hall–Kier alpha value is -1.60. The molecule has 0 aliphatic rings. The first-order valence-electron chi connectivity index (χ1n) is 5.16. The van der Waals surface area contributed by atoms with Gasteiger partial charge in [-0.15, -0.1) is 0 Å². The highest BCUT2D eigenvalue weighted by molar-refractivity contribution is 6.02. The van der Waals surface area contributed by atoms with Gasteiger partial charge in [0.1, 0.15) is 0 Å². The number of alkyl halides is 4. The number of nitrogens with zero attached hydrogens (tertiary/aromatic N) is 2. The van der Waals surface area contributed by atoms with E-state index in [1.807, 2.05) is 0 Å². The number of ketones is 1. The Balaban J connectivity index is 3.22. The van der Waals surface area contributed by atoms with Gasteiger partial charge in [-0.3, -0.25) is 9.48 Å². The van der Waals surface area contributed by atoms with Crippen molar-refractivity contribution in [1.29, 1.82) is 0 Å². The fourth-order valence-electron chi connectivity index (χ4n) is 1.38. The Morgan fingerprint density at radius 2 is 2.17 bits per heavy atom. The number of halogens is 4. The van der Waals surface area contributed by atoms with E-state index in [0.29, 0.717) is 6.42 Å². The molecule has 102 valence electrons. The van der Waals surface area contributed by atoms with E-state index in [0.717, 1.165) is 18.0 Å². The normalized spacial score (nSPS) is 11.9. The molecule has 0 amide bonds. The predicted molar refractivity (Wildman–Crippen MR) is 54.4 cm³/mol. The van der Waals surface area contributed by atoms with E-state index in [1.165, 1.54) is 0 Å². The molecule has 0 saturated heterocycles. The molecular weight excluding hydrogens is 256 g/mol. The Labute approximate surface area is 101 Å². The molecule has 1 aromatic heterocycles. The van der Waals surface area contributed by atoms with Gasteiger partial charge in [0.25, 0.3) is 5.78 Å². The lowest BCUT2D eigenvalue weighted by Crippen LogP contribution is -2.38. The fraction of sp³-hybridized carbons (Fsp3) is 0.600. The summed E-state index contributed by atoms with van der Waals surface area (Å²) in [4.78, 5) is 11.5. The highest BCUT2D eigenvalue weighted by atomic mass is 19.3. The summed E-state index contributed by atoms with van der Waals surface area (Å²) in [5.41, 5.74) is -0.635. The summed E-state index contributed by atoms with van der Waals surface area (Å²) in [5, 5.41) is 3.66. The molecule has 1 aromatic rings. The molecule has 0 aromatic carbocycles. The molecule has 0 bridgehead atoms. The van der Waals surface area contributed by atoms with E-state index in [-0.39, 0.29) is 12.3 Å². The summed E-state index contributed by atoms with van der Waals surface area (Å²) in [7, 11) is 1.14. The monoisotopic (exact) mass is 268 g/mol. The highest BCUT2D eigenvalue weighted by Crippen LogP contribution is 2.31. The lowest BCUT2D eigenvalue weighted by molar-refractivity contribution is -0.0963. The maximum Gasteiger partial charge on any atom is 0.370 e. The third kappa shape index (κ3) is 2.46. The lowest BCUT2D eigenvalue weighted by Gasteiger charge is -2.15. The number of carbonyl (C=O) groups excluding carboxylic acids is 1. The third-order valence-corrected chi connectivity index (χ3v) is 2.25. The van der Waals surface area contributed by atoms with Crippen LogP contribution in [0.25, 0.3) is 0 Å². The molecular formula is C10H12F4N2O2. The van der Waals surface area contributed by atoms with Crippen LogP contribution in [0.4, 0.5) is 17.6 Å². The first-order chi connectivity index (χ1) is 8.36. The Kier molecular flexibility index (Phi) is 4.31. The molecule has 1 heterocycles. The number of aromatic nitrogens is 2.